The topological polar surface area (TPSA) is 65.5 Å². The first kappa shape index (κ1) is 17.2. The number of anilines is 2. The van der Waals surface area contributed by atoms with E-state index in [2.05, 4.69) is 15.2 Å². The van der Waals surface area contributed by atoms with E-state index in [0.29, 0.717) is 29.4 Å². The van der Waals surface area contributed by atoms with E-state index in [1.54, 1.807) is 37.4 Å². The van der Waals surface area contributed by atoms with E-state index in [9.17, 15) is 9.59 Å². The molecule has 1 aliphatic heterocycles. The largest absolute Gasteiger partial charge is 0.353 e. The second kappa shape index (κ2) is 7.53. The van der Waals surface area contributed by atoms with Crippen LogP contribution in [0.15, 0.2) is 42.6 Å². The van der Waals surface area contributed by atoms with Crippen LogP contribution in [0.4, 0.5) is 11.5 Å². The summed E-state index contributed by atoms with van der Waals surface area (Å²) in [5, 5.41) is 3.26. The third-order valence-electron chi connectivity index (χ3n) is 4.18. The first-order valence-corrected chi connectivity index (χ1v) is 8.45. The third kappa shape index (κ3) is 4.09. The first-order valence-electron chi connectivity index (χ1n) is 8.07. The number of carbonyl (C=O) groups excluding carboxylic acids is 2. The molecule has 7 heteroatoms. The number of amides is 2. The zero-order chi connectivity index (χ0) is 17.8. The van der Waals surface area contributed by atoms with Gasteiger partial charge in [-0.1, -0.05) is 23.7 Å². The van der Waals surface area contributed by atoms with Gasteiger partial charge in [0.2, 0.25) is 5.91 Å². The van der Waals surface area contributed by atoms with E-state index in [1.807, 2.05) is 17.0 Å². The van der Waals surface area contributed by atoms with Gasteiger partial charge in [0.25, 0.3) is 5.91 Å². The Morgan fingerprint density at radius 1 is 1.08 bits per heavy atom. The average Bonchev–Trinajstić information content (AvgIpc) is 2.64. The van der Waals surface area contributed by atoms with E-state index in [0.717, 1.165) is 18.9 Å². The molecule has 0 unspecified atom stereocenters. The molecule has 25 heavy (non-hydrogen) atoms. The van der Waals surface area contributed by atoms with Crippen molar-refractivity contribution in [2.24, 2.45) is 0 Å². The number of carbonyl (C=O) groups is 2. The molecule has 0 aliphatic carbocycles. The molecule has 1 aliphatic rings. The fourth-order valence-electron chi connectivity index (χ4n) is 2.71. The van der Waals surface area contributed by atoms with Crippen molar-refractivity contribution >= 4 is 34.9 Å². The zero-order valence-corrected chi connectivity index (χ0v) is 14.7. The number of hydrogen-bond donors (Lipinski definition) is 1. The highest BCUT2D eigenvalue weighted by Gasteiger charge is 2.19. The number of pyridine rings is 1. The molecule has 2 heterocycles. The summed E-state index contributed by atoms with van der Waals surface area (Å²) >= 11 is 6.05. The zero-order valence-electron chi connectivity index (χ0n) is 13.9. The van der Waals surface area contributed by atoms with Gasteiger partial charge >= 0.3 is 0 Å². The van der Waals surface area contributed by atoms with Crippen LogP contribution >= 0.6 is 11.6 Å². The van der Waals surface area contributed by atoms with Crippen LogP contribution in [-0.2, 0) is 4.79 Å². The second-order valence-electron chi connectivity index (χ2n) is 5.83. The van der Waals surface area contributed by atoms with Gasteiger partial charge < -0.3 is 15.1 Å². The lowest BCUT2D eigenvalue weighted by Crippen LogP contribution is -2.48. The van der Waals surface area contributed by atoms with Crippen LogP contribution in [0.25, 0.3) is 0 Å². The normalized spacial score (nSPS) is 14.3. The molecule has 3 rings (SSSR count). The van der Waals surface area contributed by atoms with Crippen molar-refractivity contribution in [3.05, 3.63) is 53.2 Å². The van der Waals surface area contributed by atoms with Crippen molar-refractivity contribution in [3.63, 3.8) is 0 Å². The molecular formula is C18H19ClN4O2. The number of nitrogens with zero attached hydrogens (tertiary/aromatic N) is 3. The Bertz CT molecular complexity index is 771. The lowest BCUT2D eigenvalue weighted by molar-refractivity contribution is -0.129. The standard InChI is InChI=1S/C18H19ClN4O2/c1-13(24)22-8-10-23(11-9-22)17-7-6-14(12-20-17)18(25)21-16-5-3-2-4-15(16)19/h2-7,12H,8-11H2,1H3,(H,21,25). The molecule has 2 amide bonds. The Kier molecular flexibility index (Phi) is 5.19. The molecule has 0 saturated carbocycles. The molecule has 130 valence electrons. The summed E-state index contributed by atoms with van der Waals surface area (Å²) in [5.74, 6) is 0.644. The minimum absolute atomic E-state index is 0.0965. The van der Waals surface area contributed by atoms with Crippen molar-refractivity contribution in [1.82, 2.24) is 9.88 Å². The highest BCUT2D eigenvalue weighted by atomic mass is 35.5. The number of aromatic nitrogens is 1. The van der Waals surface area contributed by atoms with Gasteiger partial charge in [-0.25, -0.2) is 4.98 Å². The lowest BCUT2D eigenvalue weighted by atomic mass is 10.2. The van der Waals surface area contributed by atoms with E-state index >= 15 is 0 Å². The number of para-hydroxylation sites is 1. The van der Waals surface area contributed by atoms with Gasteiger partial charge in [-0.05, 0) is 24.3 Å². The first-order chi connectivity index (χ1) is 12.0. The maximum absolute atomic E-state index is 12.3. The fourth-order valence-corrected chi connectivity index (χ4v) is 2.90. The molecule has 0 bridgehead atoms. The van der Waals surface area contributed by atoms with Crippen molar-refractivity contribution in [1.29, 1.82) is 0 Å². The molecule has 1 N–H and O–H groups in total. The Balaban J connectivity index is 1.63. The predicted octanol–water partition coefficient (Wildman–Crippen LogP) is 2.66. The summed E-state index contributed by atoms with van der Waals surface area (Å²) in [6.45, 7) is 4.42. The van der Waals surface area contributed by atoms with Gasteiger partial charge in [0.05, 0.1) is 16.3 Å². The number of piperazine rings is 1. The summed E-state index contributed by atoms with van der Waals surface area (Å²) in [4.78, 5) is 32.0. The molecular weight excluding hydrogens is 340 g/mol. The van der Waals surface area contributed by atoms with Gasteiger partial charge in [0.1, 0.15) is 5.82 Å². The van der Waals surface area contributed by atoms with Crippen molar-refractivity contribution < 1.29 is 9.59 Å². The summed E-state index contributed by atoms with van der Waals surface area (Å²) in [6.07, 6.45) is 1.55. The van der Waals surface area contributed by atoms with E-state index in [1.165, 1.54) is 0 Å². The minimum atomic E-state index is -0.256. The molecule has 1 aromatic heterocycles. The Morgan fingerprint density at radius 3 is 2.40 bits per heavy atom. The molecule has 0 spiro atoms. The van der Waals surface area contributed by atoms with Crippen molar-refractivity contribution in [3.8, 4) is 0 Å². The summed E-state index contributed by atoms with van der Waals surface area (Å²) in [6, 6.07) is 10.6. The van der Waals surface area contributed by atoms with Crippen LogP contribution in [-0.4, -0.2) is 47.9 Å². The van der Waals surface area contributed by atoms with Crippen molar-refractivity contribution in [2.45, 2.75) is 6.92 Å². The number of nitrogens with one attached hydrogen (secondary N) is 1. The van der Waals surface area contributed by atoms with Gasteiger partial charge in [0, 0.05) is 39.3 Å². The molecule has 0 radical (unpaired) electrons. The average molecular weight is 359 g/mol. The van der Waals surface area contributed by atoms with Crippen LogP contribution in [0.5, 0.6) is 0 Å². The molecule has 6 nitrogen and oxygen atoms in total. The van der Waals surface area contributed by atoms with Gasteiger partial charge in [0.15, 0.2) is 0 Å². The molecule has 0 atom stereocenters. The molecule has 1 aromatic carbocycles. The van der Waals surface area contributed by atoms with Crippen LogP contribution in [0.3, 0.4) is 0 Å². The predicted molar refractivity (Wildman–Crippen MR) is 98.1 cm³/mol. The van der Waals surface area contributed by atoms with E-state index < -0.39 is 0 Å². The SMILES string of the molecule is CC(=O)N1CCN(c2ccc(C(=O)Nc3ccccc3Cl)cn2)CC1. The minimum Gasteiger partial charge on any atom is -0.353 e. The monoisotopic (exact) mass is 358 g/mol. The van der Waals surface area contributed by atoms with E-state index in [-0.39, 0.29) is 11.8 Å². The maximum Gasteiger partial charge on any atom is 0.257 e. The van der Waals surface area contributed by atoms with Crippen molar-refractivity contribution in [2.75, 3.05) is 36.4 Å². The summed E-state index contributed by atoms with van der Waals surface area (Å²) < 4.78 is 0. The fraction of sp³-hybridized carbons (Fsp3) is 0.278. The number of halogens is 1. The highest BCUT2D eigenvalue weighted by molar-refractivity contribution is 6.33. The maximum atomic E-state index is 12.3. The Hall–Kier alpha value is -2.60. The summed E-state index contributed by atoms with van der Waals surface area (Å²) in [5.41, 5.74) is 1.03. The number of hydrogen-bond acceptors (Lipinski definition) is 4. The second-order valence-corrected chi connectivity index (χ2v) is 6.24. The lowest BCUT2D eigenvalue weighted by Gasteiger charge is -2.34. The molecule has 1 fully saturated rings. The number of benzene rings is 1. The quantitative estimate of drug-likeness (QED) is 0.916. The van der Waals surface area contributed by atoms with Gasteiger partial charge in [-0.3, -0.25) is 9.59 Å². The number of rotatable bonds is 3. The molecule has 1 saturated heterocycles. The van der Waals surface area contributed by atoms with E-state index in [4.69, 9.17) is 11.6 Å². The smallest absolute Gasteiger partial charge is 0.257 e. The van der Waals surface area contributed by atoms with Crippen LogP contribution in [0, 0.1) is 0 Å². The van der Waals surface area contributed by atoms with Crippen LogP contribution < -0.4 is 10.2 Å². The third-order valence-corrected chi connectivity index (χ3v) is 4.51. The van der Waals surface area contributed by atoms with Crippen LogP contribution in [0.2, 0.25) is 5.02 Å². The Morgan fingerprint density at radius 2 is 1.80 bits per heavy atom. The van der Waals surface area contributed by atoms with Gasteiger partial charge in [-0.15, -0.1) is 0 Å². The van der Waals surface area contributed by atoms with Gasteiger partial charge in [-0.2, -0.15) is 0 Å². The van der Waals surface area contributed by atoms with Crippen LogP contribution in [0.1, 0.15) is 17.3 Å². The Labute approximate surface area is 151 Å². The summed E-state index contributed by atoms with van der Waals surface area (Å²) in [7, 11) is 0. The highest BCUT2D eigenvalue weighted by Crippen LogP contribution is 2.21. The molecule has 2 aromatic rings.